The topological polar surface area (TPSA) is 88.2 Å². The number of hydrogen-bond donors (Lipinski definition) is 2. The second-order valence-electron chi connectivity index (χ2n) is 5.09. The predicted molar refractivity (Wildman–Crippen MR) is 70.9 cm³/mol. The van der Waals surface area contributed by atoms with E-state index in [4.69, 9.17) is 5.11 Å². The first-order valence-corrected chi connectivity index (χ1v) is 7.42. The Morgan fingerprint density at radius 1 is 1.42 bits per heavy atom. The fraction of sp³-hybridized carbons (Fsp3) is 0.750. The first-order valence-electron chi connectivity index (χ1n) is 6.43. The number of thioether (sulfide) groups is 1. The molecule has 0 bridgehead atoms. The Bertz CT molecular complexity index is 463. The average molecular weight is 285 g/mol. The fourth-order valence-corrected chi connectivity index (χ4v) is 3.41. The molecule has 1 aromatic rings. The van der Waals surface area contributed by atoms with E-state index in [2.05, 4.69) is 24.0 Å². The van der Waals surface area contributed by atoms with Crippen molar-refractivity contribution in [2.24, 2.45) is 11.8 Å². The monoisotopic (exact) mass is 285 g/mol. The zero-order chi connectivity index (χ0) is 14.0. The van der Waals surface area contributed by atoms with Crippen LogP contribution in [0.1, 0.15) is 38.6 Å². The highest BCUT2D eigenvalue weighted by molar-refractivity contribution is 7.99. The minimum Gasteiger partial charge on any atom is -0.481 e. The van der Waals surface area contributed by atoms with Gasteiger partial charge in [-0.2, -0.15) is 0 Å². The molecule has 1 saturated carbocycles. The molecule has 2 N–H and O–H groups in total. The Morgan fingerprint density at radius 2 is 2.16 bits per heavy atom. The van der Waals surface area contributed by atoms with Crippen molar-refractivity contribution in [2.75, 3.05) is 5.75 Å². The van der Waals surface area contributed by atoms with Crippen LogP contribution >= 0.6 is 11.8 Å². The maximum Gasteiger partial charge on any atom is 0.313 e. The van der Waals surface area contributed by atoms with Crippen LogP contribution in [-0.4, -0.2) is 36.7 Å². The van der Waals surface area contributed by atoms with Crippen LogP contribution in [0.4, 0.5) is 0 Å². The molecule has 1 aromatic heterocycles. The molecule has 3 atom stereocenters. The van der Waals surface area contributed by atoms with Crippen LogP contribution in [0.3, 0.4) is 0 Å². The summed E-state index contributed by atoms with van der Waals surface area (Å²) in [4.78, 5) is 10.7. The van der Waals surface area contributed by atoms with Gasteiger partial charge in [-0.25, -0.2) is 0 Å². The van der Waals surface area contributed by atoms with Crippen molar-refractivity contribution >= 4 is 17.7 Å². The van der Waals surface area contributed by atoms with E-state index in [1.54, 1.807) is 0 Å². The molecular formula is C12H19N3O3S. The van der Waals surface area contributed by atoms with E-state index >= 15 is 0 Å². The number of aliphatic hydroxyl groups is 1. The largest absolute Gasteiger partial charge is 0.481 e. The van der Waals surface area contributed by atoms with Gasteiger partial charge in [0.25, 0.3) is 0 Å². The van der Waals surface area contributed by atoms with Crippen molar-refractivity contribution in [1.29, 1.82) is 0 Å². The highest BCUT2D eigenvalue weighted by atomic mass is 32.2. The van der Waals surface area contributed by atoms with E-state index < -0.39 is 5.97 Å². The molecule has 1 heterocycles. The van der Waals surface area contributed by atoms with E-state index in [1.165, 1.54) is 0 Å². The molecule has 19 heavy (non-hydrogen) atoms. The minimum atomic E-state index is -0.877. The molecule has 0 amide bonds. The van der Waals surface area contributed by atoms with Crippen molar-refractivity contribution in [3.63, 3.8) is 0 Å². The number of aliphatic carboxylic acids is 1. The maximum absolute atomic E-state index is 10.7. The highest BCUT2D eigenvalue weighted by Gasteiger charge is 2.34. The number of carboxylic acids is 1. The van der Waals surface area contributed by atoms with Gasteiger partial charge in [-0.3, -0.25) is 4.79 Å². The molecule has 0 aromatic carbocycles. The molecule has 0 spiro atoms. The first-order chi connectivity index (χ1) is 9.04. The molecule has 0 aliphatic heterocycles. The summed E-state index contributed by atoms with van der Waals surface area (Å²) in [6.45, 7) is 4.24. The number of rotatable bonds is 5. The average Bonchev–Trinajstić information content (AvgIpc) is 2.92. The van der Waals surface area contributed by atoms with Crippen molar-refractivity contribution in [3.8, 4) is 0 Å². The summed E-state index contributed by atoms with van der Waals surface area (Å²) in [5.41, 5.74) is 0. The van der Waals surface area contributed by atoms with Crippen LogP contribution in [0, 0.1) is 11.8 Å². The van der Waals surface area contributed by atoms with Crippen molar-refractivity contribution in [3.05, 3.63) is 5.82 Å². The number of carboxylic acid groups (broad SMARTS) is 1. The summed E-state index contributed by atoms with van der Waals surface area (Å²) in [7, 11) is 0. The summed E-state index contributed by atoms with van der Waals surface area (Å²) in [5, 5.41) is 26.7. The van der Waals surface area contributed by atoms with Gasteiger partial charge in [0.05, 0.1) is 5.75 Å². The first kappa shape index (κ1) is 14.3. The maximum atomic E-state index is 10.7. The summed E-state index contributed by atoms with van der Waals surface area (Å²) in [6.07, 6.45) is 2.16. The molecule has 3 unspecified atom stereocenters. The van der Waals surface area contributed by atoms with Crippen LogP contribution in [0.15, 0.2) is 5.16 Å². The van der Waals surface area contributed by atoms with E-state index in [9.17, 15) is 9.90 Å². The Morgan fingerprint density at radius 3 is 2.68 bits per heavy atom. The molecule has 0 radical (unpaired) electrons. The SMILES string of the molecule is CC1CCC(n2c(CO)nnc2SCC(=O)O)C1C. The lowest BCUT2D eigenvalue weighted by atomic mass is 9.98. The molecule has 1 fully saturated rings. The van der Waals surface area contributed by atoms with Crippen LogP contribution in [-0.2, 0) is 11.4 Å². The summed E-state index contributed by atoms with van der Waals surface area (Å²) >= 11 is 1.16. The van der Waals surface area contributed by atoms with E-state index in [-0.39, 0.29) is 18.4 Å². The quantitative estimate of drug-likeness (QED) is 0.798. The van der Waals surface area contributed by atoms with Crippen LogP contribution < -0.4 is 0 Å². The molecule has 2 rings (SSSR count). The lowest BCUT2D eigenvalue weighted by Gasteiger charge is -2.22. The lowest BCUT2D eigenvalue weighted by Crippen LogP contribution is -2.18. The van der Waals surface area contributed by atoms with Crippen LogP contribution in [0.5, 0.6) is 0 Å². The third kappa shape index (κ3) is 2.92. The van der Waals surface area contributed by atoms with Gasteiger partial charge in [-0.1, -0.05) is 25.6 Å². The Hall–Kier alpha value is -1.08. The Kier molecular flexibility index (Phi) is 4.46. The molecular weight excluding hydrogens is 266 g/mol. The minimum absolute atomic E-state index is 0.0415. The number of nitrogens with zero attached hydrogens (tertiary/aromatic N) is 3. The second-order valence-corrected chi connectivity index (χ2v) is 6.03. The van der Waals surface area contributed by atoms with Crippen molar-refractivity contribution in [2.45, 2.75) is 44.5 Å². The Balaban J connectivity index is 2.26. The zero-order valence-corrected chi connectivity index (χ0v) is 11.9. The summed E-state index contributed by atoms with van der Waals surface area (Å²) < 4.78 is 1.93. The van der Waals surface area contributed by atoms with Crippen molar-refractivity contribution < 1.29 is 15.0 Å². The third-order valence-corrected chi connectivity index (χ3v) is 4.88. The molecule has 106 valence electrons. The van der Waals surface area contributed by atoms with E-state index in [0.29, 0.717) is 22.8 Å². The predicted octanol–water partition coefficient (Wildman–Crippen LogP) is 1.55. The van der Waals surface area contributed by atoms with E-state index in [0.717, 1.165) is 24.6 Å². The van der Waals surface area contributed by atoms with Gasteiger partial charge < -0.3 is 14.8 Å². The molecule has 7 heteroatoms. The van der Waals surface area contributed by atoms with Gasteiger partial charge in [0.2, 0.25) is 0 Å². The second kappa shape index (κ2) is 5.92. The fourth-order valence-electron chi connectivity index (χ4n) is 2.68. The number of aromatic nitrogens is 3. The van der Waals surface area contributed by atoms with Gasteiger partial charge >= 0.3 is 5.97 Å². The normalized spacial score (nSPS) is 26.8. The smallest absolute Gasteiger partial charge is 0.313 e. The molecule has 1 aliphatic carbocycles. The highest BCUT2D eigenvalue weighted by Crippen LogP contribution is 2.41. The van der Waals surface area contributed by atoms with Gasteiger partial charge in [0.15, 0.2) is 11.0 Å². The van der Waals surface area contributed by atoms with E-state index in [1.807, 2.05) is 4.57 Å². The third-order valence-electron chi connectivity index (χ3n) is 3.96. The summed E-state index contributed by atoms with van der Waals surface area (Å²) in [6, 6.07) is 0.253. The van der Waals surface area contributed by atoms with Gasteiger partial charge in [-0.05, 0) is 24.7 Å². The number of aliphatic hydroxyl groups excluding tert-OH is 1. The molecule has 0 saturated heterocycles. The molecule has 1 aliphatic rings. The van der Waals surface area contributed by atoms with Crippen molar-refractivity contribution in [1.82, 2.24) is 14.8 Å². The molecule has 6 nitrogen and oxygen atoms in total. The zero-order valence-electron chi connectivity index (χ0n) is 11.1. The standard InChI is InChI=1S/C12H19N3O3S/c1-7-3-4-9(8(7)2)15-10(5-16)13-14-12(15)19-6-11(17)18/h7-9,16H,3-6H2,1-2H3,(H,17,18). The van der Waals surface area contributed by atoms with Gasteiger partial charge in [0.1, 0.15) is 6.61 Å². The van der Waals surface area contributed by atoms with Crippen LogP contribution in [0.25, 0.3) is 0 Å². The summed E-state index contributed by atoms with van der Waals surface area (Å²) in [5.74, 6) is 0.707. The Labute approximate surface area is 116 Å². The number of carbonyl (C=O) groups is 1. The number of hydrogen-bond acceptors (Lipinski definition) is 5. The van der Waals surface area contributed by atoms with Crippen LogP contribution in [0.2, 0.25) is 0 Å². The van der Waals surface area contributed by atoms with Gasteiger partial charge in [0, 0.05) is 6.04 Å². The lowest BCUT2D eigenvalue weighted by molar-refractivity contribution is -0.133. The van der Waals surface area contributed by atoms with Gasteiger partial charge in [-0.15, -0.1) is 10.2 Å².